The van der Waals surface area contributed by atoms with Crippen LogP contribution in [0.2, 0.25) is 0 Å². The van der Waals surface area contributed by atoms with Crippen molar-refractivity contribution in [3.63, 3.8) is 0 Å². The average molecular weight is 517 g/mol. The number of furan rings is 1. The van der Waals surface area contributed by atoms with Crippen LogP contribution >= 0.6 is 22.6 Å². The summed E-state index contributed by atoms with van der Waals surface area (Å²) in [4.78, 5) is 23.8. The lowest BCUT2D eigenvalue weighted by atomic mass is 10.1. The lowest BCUT2D eigenvalue weighted by Crippen LogP contribution is -2.25. The summed E-state index contributed by atoms with van der Waals surface area (Å²) in [6.45, 7) is 2.18. The molecular weight excluding hydrogens is 497 g/mol. The number of nitrogens with zero attached hydrogens (tertiary/aromatic N) is 1. The van der Waals surface area contributed by atoms with Gasteiger partial charge in [-0.05, 0) is 78.0 Å². The molecule has 2 N–H and O–H groups in total. The van der Waals surface area contributed by atoms with Gasteiger partial charge < -0.3 is 14.5 Å². The number of carbonyl (C=O) groups excluding carboxylic acids is 2. The molecule has 0 radical (unpaired) electrons. The molecule has 0 bridgehead atoms. The molecule has 0 spiro atoms. The summed E-state index contributed by atoms with van der Waals surface area (Å²) in [5.41, 5.74) is 4.50. The molecule has 0 aliphatic heterocycles. The van der Waals surface area contributed by atoms with Gasteiger partial charge in [-0.1, -0.05) is 12.1 Å². The molecule has 30 heavy (non-hydrogen) atoms. The minimum atomic E-state index is -0.380. The summed E-state index contributed by atoms with van der Waals surface area (Å²) >= 11 is 2.22. The molecule has 0 atom stereocenters. The summed E-state index contributed by atoms with van der Waals surface area (Å²) in [5, 5.41) is 6.93. The number of benzene rings is 2. The number of esters is 1. The first-order valence-corrected chi connectivity index (χ1v) is 10.3. The van der Waals surface area contributed by atoms with E-state index in [1.54, 1.807) is 37.3 Å². The highest BCUT2D eigenvalue weighted by atomic mass is 127. The third kappa shape index (κ3) is 6.18. The number of halogens is 1. The maximum Gasteiger partial charge on any atom is 0.338 e. The summed E-state index contributed by atoms with van der Waals surface area (Å²) in [6.07, 6.45) is 1.42. The van der Waals surface area contributed by atoms with Gasteiger partial charge in [0.05, 0.1) is 24.9 Å². The van der Waals surface area contributed by atoms with Crippen LogP contribution in [-0.4, -0.2) is 31.2 Å². The van der Waals surface area contributed by atoms with Gasteiger partial charge >= 0.3 is 5.97 Å². The van der Waals surface area contributed by atoms with Crippen LogP contribution in [0.25, 0.3) is 11.3 Å². The molecule has 7 nitrogen and oxygen atoms in total. The van der Waals surface area contributed by atoms with E-state index in [1.807, 2.05) is 30.3 Å². The fraction of sp³-hybridized carbons (Fsp3) is 0.136. The number of hydrogen-bond acceptors (Lipinski definition) is 6. The zero-order chi connectivity index (χ0) is 21.3. The van der Waals surface area contributed by atoms with E-state index >= 15 is 0 Å². The van der Waals surface area contributed by atoms with E-state index in [0.717, 1.165) is 14.8 Å². The van der Waals surface area contributed by atoms with E-state index in [9.17, 15) is 9.59 Å². The van der Waals surface area contributed by atoms with Crippen LogP contribution in [0.1, 0.15) is 23.0 Å². The van der Waals surface area contributed by atoms with Crippen molar-refractivity contribution in [3.8, 4) is 11.3 Å². The third-order valence-corrected chi connectivity index (χ3v) is 4.68. The van der Waals surface area contributed by atoms with E-state index in [0.29, 0.717) is 23.7 Å². The molecule has 3 aromatic rings. The van der Waals surface area contributed by atoms with Crippen LogP contribution < -0.4 is 10.7 Å². The molecule has 0 saturated heterocycles. The van der Waals surface area contributed by atoms with E-state index in [1.165, 1.54) is 6.21 Å². The SMILES string of the molecule is CCOC(=O)c1cccc(-c2ccc(/C=N\NC(=O)CNc3ccc(I)cc3)o2)c1. The maximum atomic E-state index is 11.9. The van der Waals surface area contributed by atoms with E-state index in [4.69, 9.17) is 9.15 Å². The zero-order valence-corrected chi connectivity index (χ0v) is 18.4. The number of carbonyl (C=O) groups is 2. The quantitative estimate of drug-likeness (QED) is 0.201. The Morgan fingerprint density at radius 3 is 2.70 bits per heavy atom. The fourth-order valence-electron chi connectivity index (χ4n) is 2.55. The van der Waals surface area contributed by atoms with Gasteiger partial charge in [0.1, 0.15) is 11.5 Å². The topological polar surface area (TPSA) is 92.9 Å². The first-order valence-electron chi connectivity index (χ1n) is 9.24. The Kier molecular flexibility index (Phi) is 7.61. The Balaban J connectivity index is 1.54. The maximum absolute atomic E-state index is 11.9. The summed E-state index contributed by atoms with van der Waals surface area (Å²) < 4.78 is 11.9. The zero-order valence-electron chi connectivity index (χ0n) is 16.2. The van der Waals surface area contributed by atoms with Crippen molar-refractivity contribution in [1.29, 1.82) is 0 Å². The monoisotopic (exact) mass is 517 g/mol. The average Bonchev–Trinajstić information content (AvgIpc) is 3.23. The first-order chi connectivity index (χ1) is 14.5. The molecule has 154 valence electrons. The van der Waals surface area contributed by atoms with Gasteiger partial charge in [0.15, 0.2) is 0 Å². The number of nitrogens with one attached hydrogen (secondary N) is 2. The Hall–Kier alpha value is -3.14. The first kappa shape index (κ1) is 21.6. The molecule has 0 unspecified atom stereocenters. The molecule has 1 heterocycles. The van der Waals surface area contributed by atoms with Crippen LogP contribution in [0.4, 0.5) is 5.69 Å². The Morgan fingerprint density at radius 2 is 1.93 bits per heavy atom. The number of hydrazone groups is 1. The van der Waals surface area contributed by atoms with Crippen molar-refractivity contribution >= 4 is 46.4 Å². The standard InChI is InChI=1S/C22H20IN3O4/c1-2-29-22(28)16-5-3-4-15(12-16)20-11-10-19(30-20)13-25-26-21(27)14-24-18-8-6-17(23)7-9-18/h3-13,24H,2,14H2,1H3,(H,26,27)/b25-13-. The Bertz CT molecular complexity index is 1040. The number of rotatable bonds is 8. The van der Waals surface area contributed by atoms with Crippen molar-refractivity contribution < 1.29 is 18.7 Å². The largest absolute Gasteiger partial charge is 0.462 e. The van der Waals surface area contributed by atoms with Gasteiger partial charge in [-0.2, -0.15) is 5.10 Å². The van der Waals surface area contributed by atoms with Crippen molar-refractivity contribution in [2.75, 3.05) is 18.5 Å². The predicted molar refractivity (Wildman–Crippen MR) is 123 cm³/mol. The van der Waals surface area contributed by atoms with E-state index < -0.39 is 0 Å². The second-order valence-electron chi connectivity index (χ2n) is 6.16. The van der Waals surface area contributed by atoms with Crippen molar-refractivity contribution in [1.82, 2.24) is 5.43 Å². The van der Waals surface area contributed by atoms with Gasteiger partial charge in [-0.25, -0.2) is 10.2 Å². The van der Waals surface area contributed by atoms with Gasteiger partial charge in [-0.15, -0.1) is 0 Å². The highest BCUT2D eigenvalue weighted by molar-refractivity contribution is 14.1. The van der Waals surface area contributed by atoms with Crippen LogP contribution in [0, 0.1) is 3.57 Å². The Labute approximate surface area is 187 Å². The van der Waals surface area contributed by atoms with Crippen molar-refractivity contribution in [3.05, 3.63) is 75.6 Å². The second-order valence-corrected chi connectivity index (χ2v) is 7.40. The van der Waals surface area contributed by atoms with Gasteiger partial charge in [-0.3, -0.25) is 4.79 Å². The highest BCUT2D eigenvalue weighted by Gasteiger charge is 2.10. The highest BCUT2D eigenvalue weighted by Crippen LogP contribution is 2.23. The normalized spacial score (nSPS) is 10.7. The Morgan fingerprint density at radius 1 is 1.13 bits per heavy atom. The van der Waals surface area contributed by atoms with E-state index in [2.05, 4.69) is 38.4 Å². The third-order valence-electron chi connectivity index (χ3n) is 3.96. The van der Waals surface area contributed by atoms with Gasteiger partial charge in [0, 0.05) is 14.8 Å². The predicted octanol–water partition coefficient (Wildman–Crippen LogP) is 4.29. The molecule has 8 heteroatoms. The molecule has 1 aromatic heterocycles. The number of hydrogen-bond donors (Lipinski definition) is 2. The van der Waals surface area contributed by atoms with Crippen LogP contribution in [0.3, 0.4) is 0 Å². The number of anilines is 1. The lowest BCUT2D eigenvalue weighted by molar-refractivity contribution is -0.119. The molecule has 0 saturated carbocycles. The van der Waals surface area contributed by atoms with Crippen molar-refractivity contribution in [2.24, 2.45) is 5.10 Å². The molecule has 3 rings (SSSR count). The van der Waals surface area contributed by atoms with Crippen molar-refractivity contribution in [2.45, 2.75) is 6.92 Å². The summed E-state index contributed by atoms with van der Waals surface area (Å²) in [5.74, 6) is 0.389. The molecule has 0 fully saturated rings. The van der Waals surface area contributed by atoms with Crippen LogP contribution in [-0.2, 0) is 9.53 Å². The molecular formula is C22H20IN3O4. The summed E-state index contributed by atoms with van der Waals surface area (Å²) in [6, 6.07) is 18.2. The lowest BCUT2D eigenvalue weighted by Gasteiger charge is -2.04. The molecule has 0 aliphatic carbocycles. The van der Waals surface area contributed by atoms with Gasteiger partial charge in [0.25, 0.3) is 5.91 Å². The minimum Gasteiger partial charge on any atom is -0.462 e. The molecule has 1 amide bonds. The smallest absolute Gasteiger partial charge is 0.338 e. The minimum absolute atomic E-state index is 0.0992. The van der Waals surface area contributed by atoms with Crippen LogP contribution in [0.5, 0.6) is 0 Å². The second kappa shape index (κ2) is 10.6. The molecule has 0 aliphatic rings. The number of amides is 1. The summed E-state index contributed by atoms with van der Waals surface area (Å²) in [7, 11) is 0. The molecule has 2 aromatic carbocycles. The van der Waals surface area contributed by atoms with E-state index in [-0.39, 0.29) is 18.4 Å². The number of ether oxygens (including phenoxy) is 1. The van der Waals surface area contributed by atoms with Crippen LogP contribution in [0.15, 0.2) is 70.2 Å². The fourth-order valence-corrected chi connectivity index (χ4v) is 2.91. The van der Waals surface area contributed by atoms with Gasteiger partial charge in [0.2, 0.25) is 0 Å².